The van der Waals surface area contributed by atoms with E-state index in [0.717, 1.165) is 23.4 Å². The summed E-state index contributed by atoms with van der Waals surface area (Å²) in [5.74, 6) is 0. The van der Waals surface area contributed by atoms with Crippen LogP contribution in [0.25, 0.3) is 0 Å². The van der Waals surface area contributed by atoms with Gasteiger partial charge in [-0.05, 0) is 36.0 Å². The molecular weight excluding hydrogens is 232 g/mol. The van der Waals surface area contributed by atoms with Crippen molar-refractivity contribution in [3.05, 3.63) is 47.0 Å². The van der Waals surface area contributed by atoms with Gasteiger partial charge < -0.3 is 5.11 Å². The molecule has 1 N–H and O–H groups in total. The Hall–Kier alpha value is -0.790. The number of hydrogen-bond donors (Lipinski definition) is 1. The van der Waals surface area contributed by atoms with E-state index in [1.165, 1.54) is 0 Å². The summed E-state index contributed by atoms with van der Waals surface area (Å²) in [7, 11) is 0. The smallest absolute Gasteiger partial charge is 0.0868 e. The van der Waals surface area contributed by atoms with Gasteiger partial charge in [-0.25, -0.2) is 0 Å². The van der Waals surface area contributed by atoms with Crippen LogP contribution >= 0.6 is 11.6 Å². The molecule has 0 saturated heterocycles. The Morgan fingerprint density at radius 1 is 1.12 bits per heavy atom. The third-order valence-electron chi connectivity index (χ3n) is 3.47. The van der Waals surface area contributed by atoms with E-state index in [1.54, 1.807) is 0 Å². The summed E-state index contributed by atoms with van der Waals surface area (Å²) >= 11 is 5.85. The highest BCUT2D eigenvalue weighted by molar-refractivity contribution is 6.30. The first-order chi connectivity index (χ1) is 7.89. The van der Waals surface area contributed by atoms with E-state index in [2.05, 4.69) is 19.9 Å². The fraction of sp³-hybridized carbons (Fsp3) is 0.467. The van der Waals surface area contributed by atoms with Gasteiger partial charge >= 0.3 is 0 Å². The van der Waals surface area contributed by atoms with Gasteiger partial charge in [0.2, 0.25) is 0 Å². The van der Waals surface area contributed by atoms with Crippen molar-refractivity contribution in [2.24, 2.45) is 5.41 Å². The molecule has 1 aliphatic carbocycles. The standard InChI is InChI=1S/C15H19ClO/c1-14(2)7-9-15(17,10-8-14)11-12-3-5-13(16)6-4-12/h3-7,9,17H,8,10-11H2,1-2H3. The number of hydrogen-bond acceptors (Lipinski definition) is 1. The van der Waals surface area contributed by atoms with Crippen molar-refractivity contribution in [1.82, 2.24) is 0 Å². The van der Waals surface area contributed by atoms with Crippen molar-refractivity contribution < 1.29 is 5.11 Å². The minimum absolute atomic E-state index is 0.215. The summed E-state index contributed by atoms with van der Waals surface area (Å²) in [5, 5.41) is 11.2. The second kappa shape index (κ2) is 4.47. The third kappa shape index (κ3) is 3.34. The Morgan fingerprint density at radius 3 is 2.29 bits per heavy atom. The average molecular weight is 251 g/mol. The molecule has 0 fully saturated rings. The Bertz CT molecular complexity index is 419. The predicted molar refractivity (Wildman–Crippen MR) is 72.3 cm³/mol. The first kappa shape index (κ1) is 12.7. The molecule has 0 heterocycles. The summed E-state index contributed by atoms with van der Waals surface area (Å²) in [5.41, 5.74) is 0.650. The van der Waals surface area contributed by atoms with E-state index in [0.29, 0.717) is 6.42 Å². The molecule has 0 bridgehead atoms. The van der Waals surface area contributed by atoms with Gasteiger partial charge in [-0.2, -0.15) is 0 Å². The highest BCUT2D eigenvalue weighted by Crippen LogP contribution is 2.36. The van der Waals surface area contributed by atoms with Crippen LogP contribution in [0.3, 0.4) is 0 Å². The van der Waals surface area contributed by atoms with Crippen LogP contribution in [0.15, 0.2) is 36.4 Å². The van der Waals surface area contributed by atoms with Gasteiger partial charge in [-0.3, -0.25) is 0 Å². The highest BCUT2D eigenvalue weighted by atomic mass is 35.5. The molecule has 17 heavy (non-hydrogen) atoms. The van der Waals surface area contributed by atoms with Crippen LogP contribution in [0.1, 0.15) is 32.3 Å². The van der Waals surface area contributed by atoms with Crippen LogP contribution in [0.4, 0.5) is 0 Å². The molecule has 2 heteroatoms. The van der Waals surface area contributed by atoms with E-state index < -0.39 is 5.60 Å². The first-order valence-electron chi connectivity index (χ1n) is 6.06. The van der Waals surface area contributed by atoms with Crippen LogP contribution in [0.2, 0.25) is 5.02 Å². The van der Waals surface area contributed by atoms with Crippen molar-refractivity contribution in [2.45, 2.75) is 38.7 Å². The number of halogens is 1. The first-order valence-corrected chi connectivity index (χ1v) is 6.44. The van der Waals surface area contributed by atoms with Crippen molar-refractivity contribution in [1.29, 1.82) is 0 Å². The largest absolute Gasteiger partial charge is 0.385 e. The second-order valence-corrected chi connectivity index (χ2v) is 6.17. The fourth-order valence-electron chi connectivity index (χ4n) is 2.19. The van der Waals surface area contributed by atoms with Crippen LogP contribution < -0.4 is 0 Å². The molecule has 2 rings (SSSR count). The van der Waals surface area contributed by atoms with E-state index in [9.17, 15) is 5.11 Å². The van der Waals surface area contributed by atoms with Crippen molar-refractivity contribution >= 4 is 11.6 Å². The lowest BCUT2D eigenvalue weighted by molar-refractivity contribution is 0.0610. The number of benzene rings is 1. The van der Waals surface area contributed by atoms with E-state index in [1.807, 2.05) is 30.3 Å². The topological polar surface area (TPSA) is 20.2 Å². The molecule has 1 aromatic carbocycles. The van der Waals surface area contributed by atoms with Gasteiger partial charge in [0.15, 0.2) is 0 Å². The summed E-state index contributed by atoms with van der Waals surface area (Å²) in [6.07, 6.45) is 6.60. The number of allylic oxidation sites excluding steroid dienone is 1. The van der Waals surface area contributed by atoms with Gasteiger partial charge in [-0.15, -0.1) is 0 Å². The summed E-state index contributed by atoms with van der Waals surface area (Å²) in [4.78, 5) is 0. The minimum Gasteiger partial charge on any atom is -0.385 e. The summed E-state index contributed by atoms with van der Waals surface area (Å²) in [6, 6.07) is 7.70. The van der Waals surface area contributed by atoms with Gasteiger partial charge in [0.1, 0.15) is 0 Å². The van der Waals surface area contributed by atoms with Crippen molar-refractivity contribution in [2.75, 3.05) is 0 Å². The third-order valence-corrected chi connectivity index (χ3v) is 3.72. The molecule has 1 aromatic rings. The van der Waals surface area contributed by atoms with Crippen LogP contribution in [-0.2, 0) is 6.42 Å². The molecule has 0 saturated carbocycles. The fourth-order valence-corrected chi connectivity index (χ4v) is 2.32. The minimum atomic E-state index is -0.691. The second-order valence-electron chi connectivity index (χ2n) is 5.73. The average Bonchev–Trinajstić information content (AvgIpc) is 2.27. The number of rotatable bonds is 2. The molecule has 0 amide bonds. The van der Waals surface area contributed by atoms with Gasteiger partial charge in [-0.1, -0.05) is 49.7 Å². The van der Waals surface area contributed by atoms with Crippen molar-refractivity contribution in [3.63, 3.8) is 0 Å². The summed E-state index contributed by atoms with van der Waals surface area (Å²) in [6.45, 7) is 4.40. The maximum Gasteiger partial charge on any atom is 0.0868 e. The zero-order valence-electron chi connectivity index (χ0n) is 10.4. The lowest BCUT2D eigenvalue weighted by Gasteiger charge is -2.35. The van der Waals surface area contributed by atoms with E-state index in [4.69, 9.17) is 11.6 Å². The lowest BCUT2D eigenvalue weighted by Crippen LogP contribution is -2.34. The Labute approximate surface area is 108 Å². The molecule has 92 valence electrons. The van der Waals surface area contributed by atoms with Gasteiger partial charge in [0.05, 0.1) is 5.60 Å². The van der Waals surface area contributed by atoms with E-state index in [-0.39, 0.29) is 5.41 Å². The molecule has 1 atom stereocenters. The lowest BCUT2D eigenvalue weighted by atomic mass is 9.75. The van der Waals surface area contributed by atoms with Gasteiger partial charge in [0.25, 0.3) is 0 Å². The Morgan fingerprint density at radius 2 is 1.76 bits per heavy atom. The highest BCUT2D eigenvalue weighted by Gasteiger charge is 2.31. The summed E-state index contributed by atoms with van der Waals surface area (Å²) < 4.78 is 0. The van der Waals surface area contributed by atoms with Crippen LogP contribution in [-0.4, -0.2) is 10.7 Å². The SMILES string of the molecule is CC1(C)C=CC(O)(Cc2ccc(Cl)cc2)CC1. The van der Waals surface area contributed by atoms with Crippen LogP contribution in [0, 0.1) is 5.41 Å². The maximum absolute atomic E-state index is 10.5. The Balaban J connectivity index is 2.11. The molecule has 0 aromatic heterocycles. The van der Waals surface area contributed by atoms with Gasteiger partial charge in [0, 0.05) is 11.4 Å². The predicted octanol–water partition coefficient (Wildman–Crippen LogP) is 3.99. The quantitative estimate of drug-likeness (QED) is 0.787. The van der Waals surface area contributed by atoms with E-state index >= 15 is 0 Å². The molecule has 0 radical (unpaired) electrons. The van der Waals surface area contributed by atoms with Crippen LogP contribution in [0.5, 0.6) is 0 Å². The maximum atomic E-state index is 10.5. The zero-order chi connectivity index (χ0) is 12.5. The normalized spacial score (nSPS) is 27.1. The monoisotopic (exact) mass is 250 g/mol. The molecular formula is C15H19ClO. The molecule has 1 unspecified atom stereocenters. The molecule has 0 spiro atoms. The molecule has 0 aliphatic heterocycles. The zero-order valence-corrected chi connectivity index (χ0v) is 11.2. The number of aliphatic hydroxyl groups is 1. The molecule has 1 aliphatic rings. The Kier molecular flexibility index (Phi) is 3.33. The van der Waals surface area contributed by atoms with Crippen molar-refractivity contribution in [3.8, 4) is 0 Å². The molecule has 1 nitrogen and oxygen atoms in total.